The molecule has 0 fully saturated rings. The number of hydrogen-bond donors (Lipinski definition) is 0. The van der Waals surface area contributed by atoms with Gasteiger partial charge in [-0.3, -0.25) is 4.98 Å². The van der Waals surface area contributed by atoms with Crippen molar-refractivity contribution in [3.05, 3.63) is 41.5 Å². The zero-order valence-electron chi connectivity index (χ0n) is 14.8. The Balaban J connectivity index is 2.15. The standard InChI is InChI=1S/C19H24N4/c1-11(2)16-8-7-15(9-20-16)18-14(6)21-19-17(22-18)13(5)10-23(19)12(3)4/h7-12H,1-6H3. The van der Waals surface area contributed by atoms with Crippen molar-refractivity contribution in [1.29, 1.82) is 0 Å². The Morgan fingerprint density at radius 3 is 2.30 bits per heavy atom. The fourth-order valence-corrected chi connectivity index (χ4v) is 2.84. The summed E-state index contributed by atoms with van der Waals surface area (Å²) < 4.78 is 2.19. The van der Waals surface area contributed by atoms with Crippen LogP contribution in [-0.4, -0.2) is 19.5 Å². The fraction of sp³-hybridized carbons (Fsp3) is 0.421. The van der Waals surface area contributed by atoms with Crippen LogP contribution in [0.15, 0.2) is 24.5 Å². The number of aryl methyl sites for hydroxylation is 2. The Kier molecular flexibility index (Phi) is 3.92. The summed E-state index contributed by atoms with van der Waals surface area (Å²) in [6.45, 7) is 12.7. The number of rotatable bonds is 3. The van der Waals surface area contributed by atoms with E-state index < -0.39 is 0 Å². The Morgan fingerprint density at radius 2 is 1.74 bits per heavy atom. The van der Waals surface area contributed by atoms with Crippen LogP contribution in [0.3, 0.4) is 0 Å². The van der Waals surface area contributed by atoms with Gasteiger partial charge < -0.3 is 4.57 Å². The lowest BCUT2D eigenvalue weighted by atomic mass is 10.1. The maximum absolute atomic E-state index is 4.90. The third kappa shape index (κ3) is 2.74. The molecule has 0 aromatic carbocycles. The van der Waals surface area contributed by atoms with Gasteiger partial charge in [0, 0.05) is 29.7 Å². The van der Waals surface area contributed by atoms with Gasteiger partial charge in [0.15, 0.2) is 5.65 Å². The molecule has 0 aliphatic rings. The summed E-state index contributed by atoms with van der Waals surface area (Å²) in [7, 11) is 0. The molecular formula is C19H24N4. The molecule has 0 unspecified atom stereocenters. The second-order valence-electron chi connectivity index (χ2n) is 6.77. The van der Waals surface area contributed by atoms with Crippen molar-refractivity contribution in [1.82, 2.24) is 19.5 Å². The van der Waals surface area contributed by atoms with Gasteiger partial charge in [0.2, 0.25) is 0 Å². The lowest BCUT2D eigenvalue weighted by molar-refractivity contribution is 0.616. The zero-order valence-corrected chi connectivity index (χ0v) is 14.8. The first-order valence-corrected chi connectivity index (χ1v) is 8.20. The molecule has 0 amide bonds. The van der Waals surface area contributed by atoms with E-state index in [-0.39, 0.29) is 0 Å². The third-order valence-electron chi connectivity index (χ3n) is 4.21. The van der Waals surface area contributed by atoms with Gasteiger partial charge in [-0.25, -0.2) is 9.97 Å². The minimum absolute atomic E-state index is 0.373. The molecule has 120 valence electrons. The summed E-state index contributed by atoms with van der Waals surface area (Å²) in [6.07, 6.45) is 4.05. The molecule has 23 heavy (non-hydrogen) atoms. The molecule has 0 saturated heterocycles. The minimum Gasteiger partial charge on any atom is -0.328 e. The van der Waals surface area contributed by atoms with E-state index in [1.807, 2.05) is 13.1 Å². The Morgan fingerprint density at radius 1 is 1.00 bits per heavy atom. The van der Waals surface area contributed by atoms with Gasteiger partial charge in [-0.1, -0.05) is 13.8 Å². The summed E-state index contributed by atoms with van der Waals surface area (Å²) in [5.74, 6) is 0.432. The highest BCUT2D eigenvalue weighted by molar-refractivity contribution is 5.79. The molecular weight excluding hydrogens is 284 g/mol. The molecule has 0 atom stereocenters. The van der Waals surface area contributed by atoms with Crippen molar-refractivity contribution < 1.29 is 0 Å². The lowest BCUT2D eigenvalue weighted by Crippen LogP contribution is -2.02. The molecule has 0 aliphatic heterocycles. The first-order chi connectivity index (χ1) is 10.9. The normalized spacial score (nSPS) is 11.8. The van der Waals surface area contributed by atoms with Crippen molar-refractivity contribution in [2.45, 2.75) is 53.5 Å². The second kappa shape index (κ2) is 5.76. The van der Waals surface area contributed by atoms with Crippen LogP contribution in [0.4, 0.5) is 0 Å². The molecule has 3 heterocycles. The third-order valence-corrected chi connectivity index (χ3v) is 4.21. The van der Waals surface area contributed by atoms with Crippen LogP contribution < -0.4 is 0 Å². The molecule has 3 rings (SSSR count). The van der Waals surface area contributed by atoms with Gasteiger partial charge in [0.1, 0.15) is 5.52 Å². The first-order valence-electron chi connectivity index (χ1n) is 8.20. The van der Waals surface area contributed by atoms with Gasteiger partial charge >= 0.3 is 0 Å². The topological polar surface area (TPSA) is 43.6 Å². The summed E-state index contributed by atoms with van der Waals surface area (Å²) >= 11 is 0. The van der Waals surface area contributed by atoms with Gasteiger partial charge in [-0.2, -0.15) is 0 Å². The van der Waals surface area contributed by atoms with E-state index in [0.29, 0.717) is 12.0 Å². The quantitative estimate of drug-likeness (QED) is 0.697. The average Bonchev–Trinajstić information content (AvgIpc) is 2.83. The van der Waals surface area contributed by atoms with Crippen LogP contribution in [0.1, 0.15) is 56.6 Å². The van der Waals surface area contributed by atoms with E-state index >= 15 is 0 Å². The van der Waals surface area contributed by atoms with Crippen molar-refractivity contribution in [2.24, 2.45) is 0 Å². The van der Waals surface area contributed by atoms with Crippen molar-refractivity contribution in [2.75, 3.05) is 0 Å². The van der Waals surface area contributed by atoms with E-state index in [0.717, 1.165) is 39.4 Å². The van der Waals surface area contributed by atoms with Crippen molar-refractivity contribution in [3.8, 4) is 11.3 Å². The molecule has 0 radical (unpaired) electrons. The maximum Gasteiger partial charge on any atom is 0.159 e. The Bertz CT molecular complexity index is 842. The van der Waals surface area contributed by atoms with E-state index in [4.69, 9.17) is 9.97 Å². The Hall–Kier alpha value is -2.23. The zero-order chi connectivity index (χ0) is 16.7. The number of fused-ring (bicyclic) bond motifs is 1. The highest BCUT2D eigenvalue weighted by Gasteiger charge is 2.15. The van der Waals surface area contributed by atoms with Crippen LogP contribution in [0.25, 0.3) is 22.4 Å². The molecule has 4 nitrogen and oxygen atoms in total. The smallest absolute Gasteiger partial charge is 0.159 e. The van der Waals surface area contributed by atoms with E-state index in [2.05, 4.69) is 62.5 Å². The molecule has 0 spiro atoms. The predicted molar refractivity (Wildman–Crippen MR) is 94.7 cm³/mol. The SMILES string of the molecule is Cc1nc2c(nc1-c1ccc(C(C)C)nc1)c(C)cn2C(C)C. The van der Waals surface area contributed by atoms with Gasteiger partial charge in [0.05, 0.1) is 11.4 Å². The molecule has 3 aromatic rings. The molecule has 0 saturated carbocycles. The average molecular weight is 308 g/mol. The molecule has 3 aromatic heterocycles. The van der Waals surface area contributed by atoms with E-state index in [9.17, 15) is 0 Å². The van der Waals surface area contributed by atoms with Crippen molar-refractivity contribution in [3.63, 3.8) is 0 Å². The van der Waals surface area contributed by atoms with Crippen LogP contribution in [0, 0.1) is 13.8 Å². The van der Waals surface area contributed by atoms with Crippen molar-refractivity contribution >= 4 is 11.2 Å². The van der Waals surface area contributed by atoms with Gasteiger partial charge in [0.25, 0.3) is 0 Å². The second-order valence-corrected chi connectivity index (χ2v) is 6.77. The van der Waals surface area contributed by atoms with Crippen LogP contribution >= 0.6 is 0 Å². The van der Waals surface area contributed by atoms with Crippen LogP contribution in [0.2, 0.25) is 0 Å². The monoisotopic (exact) mass is 308 g/mol. The van der Waals surface area contributed by atoms with Crippen LogP contribution in [-0.2, 0) is 0 Å². The number of aromatic nitrogens is 4. The highest BCUT2D eigenvalue weighted by atomic mass is 15.1. The number of hydrogen-bond acceptors (Lipinski definition) is 3. The van der Waals surface area contributed by atoms with E-state index in [1.165, 1.54) is 0 Å². The summed E-state index contributed by atoms with van der Waals surface area (Å²) in [4.78, 5) is 14.3. The summed E-state index contributed by atoms with van der Waals surface area (Å²) in [6, 6.07) is 4.55. The molecule has 0 bridgehead atoms. The lowest BCUT2D eigenvalue weighted by Gasteiger charge is -2.11. The largest absolute Gasteiger partial charge is 0.328 e. The van der Waals surface area contributed by atoms with Gasteiger partial charge in [-0.15, -0.1) is 0 Å². The first kappa shape index (κ1) is 15.7. The predicted octanol–water partition coefficient (Wildman–Crippen LogP) is 4.81. The highest BCUT2D eigenvalue weighted by Crippen LogP contribution is 2.27. The molecule has 4 heteroatoms. The number of nitrogens with zero attached hydrogens (tertiary/aromatic N) is 4. The maximum atomic E-state index is 4.90. The van der Waals surface area contributed by atoms with E-state index in [1.54, 1.807) is 0 Å². The summed E-state index contributed by atoms with van der Waals surface area (Å²) in [5, 5.41) is 0. The van der Waals surface area contributed by atoms with Gasteiger partial charge in [-0.05, 0) is 51.3 Å². The van der Waals surface area contributed by atoms with Crippen LogP contribution in [0.5, 0.6) is 0 Å². The Labute approximate surface area is 137 Å². The summed E-state index contributed by atoms with van der Waals surface area (Å²) in [5.41, 5.74) is 7.09. The number of pyridine rings is 1. The molecule has 0 N–H and O–H groups in total. The molecule has 0 aliphatic carbocycles. The minimum atomic E-state index is 0.373. The fourth-order valence-electron chi connectivity index (χ4n) is 2.84.